The SMILES string of the molecule is CCC1(CNC(=NC)NCc2cccc(OCC(N)=O)c2)CCCC1.I. The Morgan fingerprint density at radius 2 is 2.04 bits per heavy atom. The number of amides is 1. The first kappa shape index (κ1) is 22.5. The maximum Gasteiger partial charge on any atom is 0.255 e. The maximum absolute atomic E-state index is 10.8. The number of rotatable bonds is 8. The van der Waals surface area contributed by atoms with Crippen LogP contribution in [0.15, 0.2) is 29.3 Å². The predicted octanol–water partition coefficient (Wildman–Crippen LogP) is 2.80. The molecule has 7 heteroatoms. The third-order valence-electron chi connectivity index (χ3n) is 5.01. The molecule has 1 aliphatic rings. The van der Waals surface area contributed by atoms with Gasteiger partial charge in [-0.05, 0) is 42.4 Å². The van der Waals surface area contributed by atoms with Crippen LogP contribution in [0.5, 0.6) is 5.75 Å². The van der Waals surface area contributed by atoms with Crippen LogP contribution in [0.4, 0.5) is 0 Å². The Balaban J connectivity index is 0.00000338. The molecule has 0 saturated heterocycles. The number of ether oxygens (including phenoxy) is 1. The predicted molar refractivity (Wildman–Crippen MR) is 116 cm³/mol. The Kier molecular flexibility index (Phi) is 9.75. The number of hydrogen-bond acceptors (Lipinski definition) is 3. The topological polar surface area (TPSA) is 88.7 Å². The molecule has 0 atom stereocenters. The lowest BCUT2D eigenvalue weighted by atomic mass is 9.83. The van der Waals surface area contributed by atoms with Crippen molar-refractivity contribution in [1.82, 2.24) is 10.6 Å². The van der Waals surface area contributed by atoms with Crippen LogP contribution in [0.3, 0.4) is 0 Å². The van der Waals surface area contributed by atoms with Crippen LogP contribution >= 0.6 is 24.0 Å². The van der Waals surface area contributed by atoms with E-state index in [-0.39, 0.29) is 30.6 Å². The molecule has 1 fully saturated rings. The molecule has 1 saturated carbocycles. The van der Waals surface area contributed by atoms with E-state index in [0.29, 0.717) is 17.7 Å². The van der Waals surface area contributed by atoms with Gasteiger partial charge >= 0.3 is 0 Å². The van der Waals surface area contributed by atoms with Crippen LogP contribution in [0.25, 0.3) is 0 Å². The molecule has 0 radical (unpaired) electrons. The zero-order valence-corrected chi connectivity index (χ0v) is 18.0. The van der Waals surface area contributed by atoms with Crippen LogP contribution < -0.4 is 21.1 Å². The van der Waals surface area contributed by atoms with E-state index in [1.165, 1.54) is 32.1 Å². The standard InChI is InChI=1S/C19H30N4O2.HI/c1-3-19(9-4-5-10-19)14-23-18(21-2)22-12-15-7-6-8-16(11-15)25-13-17(20)24;/h6-8,11H,3-5,9-10,12-14H2,1-2H3,(H2,20,24)(H2,21,22,23);1H. The van der Waals surface area contributed by atoms with E-state index in [4.69, 9.17) is 10.5 Å². The zero-order valence-electron chi connectivity index (χ0n) is 15.7. The highest BCUT2D eigenvalue weighted by atomic mass is 127. The Labute approximate surface area is 173 Å². The summed E-state index contributed by atoms with van der Waals surface area (Å²) < 4.78 is 5.34. The van der Waals surface area contributed by atoms with Gasteiger partial charge in [-0.15, -0.1) is 24.0 Å². The van der Waals surface area contributed by atoms with Gasteiger partial charge in [0, 0.05) is 20.1 Å². The number of carbonyl (C=O) groups is 1. The largest absolute Gasteiger partial charge is 0.484 e. The lowest BCUT2D eigenvalue weighted by molar-refractivity contribution is -0.119. The number of carbonyl (C=O) groups excluding carboxylic acids is 1. The molecule has 4 N–H and O–H groups in total. The number of guanidine groups is 1. The Morgan fingerprint density at radius 1 is 1.31 bits per heavy atom. The summed E-state index contributed by atoms with van der Waals surface area (Å²) in [6.45, 7) is 3.76. The highest BCUT2D eigenvalue weighted by Crippen LogP contribution is 2.40. The van der Waals surface area contributed by atoms with Gasteiger partial charge in [-0.2, -0.15) is 0 Å². The smallest absolute Gasteiger partial charge is 0.255 e. The van der Waals surface area contributed by atoms with Crippen molar-refractivity contribution in [2.24, 2.45) is 16.1 Å². The monoisotopic (exact) mass is 474 g/mol. The molecule has 26 heavy (non-hydrogen) atoms. The second-order valence-electron chi connectivity index (χ2n) is 6.74. The van der Waals surface area contributed by atoms with Crippen molar-refractivity contribution in [3.63, 3.8) is 0 Å². The van der Waals surface area contributed by atoms with Gasteiger partial charge in [-0.25, -0.2) is 0 Å². The Bertz CT molecular complexity index is 601. The van der Waals surface area contributed by atoms with Crippen molar-refractivity contribution >= 4 is 35.8 Å². The van der Waals surface area contributed by atoms with Crippen LogP contribution in [-0.4, -0.2) is 32.1 Å². The molecule has 146 valence electrons. The number of aliphatic imine (C=N–C) groups is 1. The van der Waals surface area contributed by atoms with Crippen molar-refractivity contribution in [3.05, 3.63) is 29.8 Å². The highest BCUT2D eigenvalue weighted by Gasteiger charge is 2.31. The number of halogens is 1. The fourth-order valence-electron chi connectivity index (χ4n) is 3.36. The Hall–Kier alpha value is -1.51. The fraction of sp³-hybridized carbons (Fsp3) is 0.579. The molecule has 1 aromatic carbocycles. The molecule has 6 nitrogen and oxygen atoms in total. The van der Waals surface area contributed by atoms with Crippen molar-refractivity contribution in [2.75, 3.05) is 20.2 Å². The fourth-order valence-corrected chi connectivity index (χ4v) is 3.36. The van der Waals surface area contributed by atoms with E-state index in [1.807, 2.05) is 24.3 Å². The second kappa shape index (κ2) is 11.3. The van der Waals surface area contributed by atoms with Gasteiger partial charge in [0.15, 0.2) is 12.6 Å². The van der Waals surface area contributed by atoms with Crippen molar-refractivity contribution in [3.8, 4) is 5.75 Å². The van der Waals surface area contributed by atoms with Crippen LogP contribution in [-0.2, 0) is 11.3 Å². The molecule has 0 bridgehead atoms. The molecule has 1 aliphatic carbocycles. The molecular weight excluding hydrogens is 443 g/mol. The molecule has 2 rings (SSSR count). The lowest BCUT2D eigenvalue weighted by Crippen LogP contribution is -2.42. The number of nitrogens with one attached hydrogen (secondary N) is 2. The minimum atomic E-state index is -0.482. The van der Waals surface area contributed by atoms with E-state index in [1.54, 1.807) is 7.05 Å². The molecule has 1 aromatic rings. The van der Waals surface area contributed by atoms with Gasteiger partial charge in [0.05, 0.1) is 0 Å². The summed E-state index contributed by atoms with van der Waals surface area (Å²) >= 11 is 0. The minimum Gasteiger partial charge on any atom is -0.484 e. The van der Waals surface area contributed by atoms with Gasteiger partial charge in [0.25, 0.3) is 5.91 Å². The second-order valence-corrected chi connectivity index (χ2v) is 6.74. The van der Waals surface area contributed by atoms with Crippen LogP contribution in [0.1, 0.15) is 44.6 Å². The summed E-state index contributed by atoms with van der Waals surface area (Å²) in [6.07, 6.45) is 6.47. The van der Waals surface area contributed by atoms with Gasteiger partial charge in [0.1, 0.15) is 5.75 Å². The molecule has 0 heterocycles. The summed E-state index contributed by atoms with van der Waals surface area (Å²) in [5.41, 5.74) is 6.57. The third kappa shape index (κ3) is 7.01. The molecule has 1 amide bonds. The number of nitrogens with two attached hydrogens (primary N) is 1. The summed E-state index contributed by atoms with van der Waals surface area (Å²) in [7, 11) is 1.79. The van der Waals surface area contributed by atoms with Crippen molar-refractivity contribution < 1.29 is 9.53 Å². The quantitative estimate of drug-likeness (QED) is 0.307. The summed E-state index contributed by atoms with van der Waals surface area (Å²) in [6, 6.07) is 7.61. The van der Waals surface area contributed by atoms with Gasteiger partial charge in [-0.3, -0.25) is 9.79 Å². The van der Waals surface area contributed by atoms with E-state index in [9.17, 15) is 4.79 Å². The number of nitrogens with zero attached hydrogens (tertiary/aromatic N) is 1. The minimum absolute atomic E-state index is 0. The normalized spacial score (nSPS) is 15.8. The van der Waals surface area contributed by atoms with Crippen LogP contribution in [0.2, 0.25) is 0 Å². The highest BCUT2D eigenvalue weighted by molar-refractivity contribution is 14.0. The maximum atomic E-state index is 10.8. The lowest BCUT2D eigenvalue weighted by Gasteiger charge is -2.28. The molecule has 0 spiro atoms. The van der Waals surface area contributed by atoms with E-state index >= 15 is 0 Å². The van der Waals surface area contributed by atoms with Gasteiger partial charge in [-0.1, -0.05) is 31.9 Å². The van der Waals surface area contributed by atoms with E-state index in [0.717, 1.165) is 18.1 Å². The third-order valence-corrected chi connectivity index (χ3v) is 5.01. The number of hydrogen-bond donors (Lipinski definition) is 3. The number of benzene rings is 1. The van der Waals surface area contributed by atoms with E-state index in [2.05, 4.69) is 22.5 Å². The molecule has 0 unspecified atom stereocenters. The summed E-state index contributed by atoms with van der Waals surface area (Å²) in [4.78, 5) is 15.1. The first-order valence-electron chi connectivity index (χ1n) is 9.01. The average Bonchev–Trinajstić information content (AvgIpc) is 3.10. The zero-order chi connectivity index (χ0) is 18.1. The molecule has 0 aromatic heterocycles. The average molecular weight is 474 g/mol. The first-order valence-corrected chi connectivity index (χ1v) is 9.01. The van der Waals surface area contributed by atoms with Crippen molar-refractivity contribution in [1.29, 1.82) is 0 Å². The summed E-state index contributed by atoms with van der Waals surface area (Å²) in [5.74, 6) is 0.963. The van der Waals surface area contributed by atoms with E-state index < -0.39 is 5.91 Å². The molecule has 0 aliphatic heterocycles. The van der Waals surface area contributed by atoms with Crippen LogP contribution in [0, 0.1) is 5.41 Å². The summed E-state index contributed by atoms with van der Waals surface area (Å²) in [5, 5.41) is 6.81. The first-order chi connectivity index (χ1) is 12.1. The Morgan fingerprint density at radius 3 is 2.65 bits per heavy atom. The molecular formula is C19H31IN4O2. The van der Waals surface area contributed by atoms with Gasteiger partial charge in [0.2, 0.25) is 0 Å². The van der Waals surface area contributed by atoms with Crippen molar-refractivity contribution in [2.45, 2.75) is 45.6 Å². The number of primary amides is 1. The van der Waals surface area contributed by atoms with Gasteiger partial charge < -0.3 is 21.1 Å².